The van der Waals surface area contributed by atoms with Crippen LogP contribution in [0.5, 0.6) is 11.5 Å². The Kier molecular flexibility index (Phi) is 7.71. The fourth-order valence-corrected chi connectivity index (χ4v) is 2.05. The summed E-state index contributed by atoms with van der Waals surface area (Å²) in [7, 11) is 1.58. The largest absolute Gasteiger partial charge is 0.493 e. The van der Waals surface area contributed by atoms with Gasteiger partial charge in [0.1, 0.15) is 6.61 Å². The normalized spacial score (nSPS) is 11.4. The fraction of sp³-hybridized carbons (Fsp3) is 0.294. The first-order valence-corrected chi connectivity index (χ1v) is 6.90. The number of hydrogen-bond acceptors (Lipinski definition) is 3. The maximum atomic E-state index is 12.4. The van der Waals surface area contributed by atoms with Crippen molar-refractivity contribution in [3.63, 3.8) is 0 Å². The topological polar surface area (TPSA) is 44.5 Å². The first-order chi connectivity index (χ1) is 10.2. The highest BCUT2D eigenvalue weighted by molar-refractivity contribution is 5.85. The van der Waals surface area contributed by atoms with E-state index in [-0.39, 0.29) is 18.4 Å². The Morgan fingerprint density at radius 2 is 1.82 bits per heavy atom. The van der Waals surface area contributed by atoms with Crippen molar-refractivity contribution in [1.82, 2.24) is 0 Å². The van der Waals surface area contributed by atoms with Crippen LogP contribution < -0.4 is 15.2 Å². The van der Waals surface area contributed by atoms with Crippen LogP contribution in [-0.2, 0) is 6.61 Å². The van der Waals surface area contributed by atoms with E-state index in [1.807, 2.05) is 42.5 Å². The summed E-state index contributed by atoms with van der Waals surface area (Å²) in [6.45, 7) is 0.0306. The third-order valence-electron chi connectivity index (χ3n) is 3.27. The molecule has 0 unspecified atom stereocenters. The predicted octanol–water partition coefficient (Wildman–Crippen LogP) is 4.06. The molecule has 3 nitrogen and oxygen atoms in total. The van der Waals surface area contributed by atoms with Crippen LogP contribution in [0.15, 0.2) is 48.5 Å². The molecule has 0 saturated carbocycles. The first-order valence-electron chi connectivity index (χ1n) is 6.90. The van der Waals surface area contributed by atoms with Crippen LogP contribution in [0.25, 0.3) is 0 Å². The SMILES string of the molecule is COc1cc([C@H](N)CCF)ccc1OCc1ccccc1.Cl. The molecule has 0 radical (unpaired) electrons. The monoisotopic (exact) mass is 325 g/mol. The molecule has 0 bridgehead atoms. The minimum Gasteiger partial charge on any atom is -0.493 e. The Hall–Kier alpha value is -1.78. The smallest absolute Gasteiger partial charge is 0.161 e. The summed E-state index contributed by atoms with van der Waals surface area (Å²) in [6.07, 6.45) is 0.299. The Balaban J connectivity index is 0.00000242. The fourth-order valence-electron chi connectivity index (χ4n) is 2.05. The van der Waals surface area contributed by atoms with Crippen molar-refractivity contribution < 1.29 is 13.9 Å². The summed E-state index contributed by atoms with van der Waals surface area (Å²) in [4.78, 5) is 0. The molecule has 0 heterocycles. The Bertz CT molecular complexity index is 566. The van der Waals surface area contributed by atoms with Crippen LogP contribution in [0.1, 0.15) is 23.6 Å². The van der Waals surface area contributed by atoms with Gasteiger partial charge in [-0.3, -0.25) is 4.39 Å². The van der Waals surface area contributed by atoms with Crippen LogP contribution in [-0.4, -0.2) is 13.8 Å². The average Bonchev–Trinajstić information content (AvgIpc) is 2.54. The van der Waals surface area contributed by atoms with Crippen molar-refractivity contribution in [3.05, 3.63) is 59.7 Å². The minimum absolute atomic E-state index is 0. The lowest BCUT2D eigenvalue weighted by molar-refractivity contribution is 0.284. The van der Waals surface area contributed by atoms with Gasteiger partial charge in [0.05, 0.1) is 13.8 Å². The van der Waals surface area contributed by atoms with Crippen LogP contribution in [0.4, 0.5) is 4.39 Å². The summed E-state index contributed by atoms with van der Waals surface area (Å²) in [5.74, 6) is 1.26. The molecule has 0 aliphatic rings. The lowest BCUT2D eigenvalue weighted by atomic mass is 10.0. The van der Waals surface area contributed by atoms with Gasteiger partial charge >= 0.3 is 0 Å². The zero-order valence-corrected chi connectivity index (χ0v) is 13.3. The summed E-state index contributed by atoms with van der Waals surface area (Å²) < 4.78 is 23.5. The van der Waals surface area contributed by atoms with E-state index in [1.165, 1.54) is 0 Å². The van der Waals surface area contributed by atoms with Crippen LogP contribution >= 0.6 is 12.4 Å². The molecule has 0 amide bonds. The van der Waals surface area contributed by atoms with Crippen molar-refractivity contribution in [2.24, 2.45) is 5.73 Å². The van der Waals surface area contributed by atoms with Gasteiger partial charge < -0.3 is 15.2 Å². The lowest BCUT2D eigenvalue weighted by Crippen LogP contribution is -2.11. The summed E-state index contributed by atoms with van der Waals surface area (Å²) in [6, 6.07) is 15.0. The van der Waals surface area contributed by atoms with Gasteiger partial charge in [0.2, 0.25) is 0 Å². The van der Waals surface area contributed by atoms with Crippen molar-refractivity contribution in [2.75, 3.05) is 13.8 Å². The Labute approximate surface area is 136 Å². The van der Waals surface area contributed by atoms with Gasteiger partial charge in [0.15, 0.2) is 11.5 Å². The van der Waals surface area contributed by atoms with E-state index < -0.39 is 6.67 Å². The van der Waals surface area contributed by atoms with Crippen molar-refractivity contribution in [1.29, 1.82) is 0 Å². The molecule has 2 aromatic carbocycles. The Morgan fingerprint density at radius 3 is 2.45 bits per heavy atom. The average molecular weight is 326 g/mol. The van der Waals surface area contributed by atoms with Crippen molar-refractivity contribution in [3.8, 4) is 11.5 Å². The van der Waals surface area contributed by atoms with Gasteiger partial charge in [0.25, 0.3) is 0 Å². The predicted molar refractivity (Wildman–Crippen MR) is 88.5 cm³/mol. The molecule has 22 heavy (non-hydrogen) atoms. The molecule has 5 heteroatoms. The molecule has 1 atom stereocenters. The highest BCUT2D eigenvalue weighted by atomic mass is 35.5. The summed E-state index contributed by atoms with van der Waals surface area (Å²) >= 11 is 0. The number of alkyl halides is 1. The Morgan fingerprint density at radius 1 is 1.09 bits per heavy atom. The number of nitrogens with two attached hydrogens (primary N) is 1. The quantitative estimate of drug-likeness (QED) is 0.835. The van der Waals surface area contributed by atoms with E-state index in [0.29, 0.717) is 24.5 Å². The molecule has 0 spiro atoms. The third kappa shape index (κ3) is 4.90. The first kappa shape index (κ1) is 18.3. The van der Waals surface area contributed by atoms with Crippen LogP contribution in [0.2, 0.25) is 0 Å². The molecule has 2 N–H and O–H groups in total. The van der Waals surface area contributed by atoms with Crippen LogP contribution in [0, 0.1) is 0 Å². The molecule has 0 aliphatic carbocycles. The third-order valence-corrected chi connectivity index (χ3v) is 3.27. The summed E-state index contributed by atoms with van der Waals surface area (Å²) in [5.41, 5.74) is 7.83. The second-order valence-electron chi connectivity index (χ2n) is 4.77. The number of rotatable bonds is 7. The number of methoxy groups -OCH3 is 1. The minimum atomic E-state index is -0.435. The highest BCUT2D eigenvalue weighted by Crippen LogP contribution is 2.31. The number of hydrogen-bond donors (Lipinski definition) is 1. The molecule has 0 aliphatic heterocycles. The molecule has 0 saturated heterocycles. The van der Waals surface area contributed by atoms with Gasteiger partial charge in [0, 0.05) is 6.04 Å². The van der Waals surface area contributed by atoms with E-state index in [1.54, 1.807) is 13.2 Å². The number of halogens is 2. The van der Waals surface area contributed by atoms with Gasteiger partial charge in [-0.25, -0.2) is 0 Å². The highest BCUT2D eigenvalue weighted by Gasteiger charge is 2.11. The van der Waals surface area contributed by atoms with Gasteiger partial charge in [-0.2, -0.15) is 0 Å². The van der Waals surface area contributed by atoms with Gasteiger partial charge in [-0.1, -0.05) is 36.4 Å². The van der Waals surface area contributed by atoms with Crippen LogP contribution in [0.3, 0.4) is 0 Å². The maximum absolute atomic E-state index is 12.4. The number of benzene rings is 2. The zero-order chi connectivity index (χ0) is 15.1. The standard InChI is InChI=1S/C17H20FNO2.ClH/c1-20-17-11-14(15(19)9-10-18)7-8-16(17)21-12-13-5-3-2-4-6-13;/h2-8,11,15H,9-10,12,19H2,1H3;1H/t15-;/m1./s1. The zero-order valence-electron chi connectivity index (χ0n) is 12.5. The lowest BCUT2D eigenvalue weighted by Gasteiger charge is -2.15. The number of ether oxygens (including phenoxy) is 2. The molecule has 120 valence electrons. The van der Waals surface area contributed by atoms with E-state index in [9.17, 15) is 4.39 Å². The molecular formula is C17H21ClFNO2. The van der Waals surface area contributed by atoms with E-state index >= 15 is 0 Å². The van der Waals surface area contributed by atoms with Crippen molar-refractivity contribution >= 4 is 12.4 Å². The van der Waals surface area contributed by atoms with Crippen molar-refractivity contribution in [2.45, 2.75) is 19.1 Å². The van der Waals surface area contributed by atoms with E-state index in [2.05, 4.69) is 0 Å². The molecule has 2 rings (SSSR count). The maximum Gasteiger partial charge on any atom is 0.161 e. The van der Waals surface area contributed by atoms with E-state index in [0.717, 1.165) is 11.1 Å². The molecule has 2 aromatic rings. The van der Waals surface area contributed by atoms with E-state index in [4.69, 9.17) is 15.2 Å². The molecular weight excluding hydrogens is 305 g/mol. The summed E-state index contributed by atoms with van der Waals surface area (Å²) in [5, 5.41) is 0. The van der Waals surface area contributed by atoms with Gasteiger partial charge in [-0.15, -0.1) is 12.4 Å². The molecule has 0 fully saturated rings. The molecule has 0 aromatic heterocycles. The second-order valence-corrected chi connectivity index (χ2v) is 4.77. The van der Waals surface area contributed by atoms with Gasteiger partial charge in [-0.05, 0) is 29.7 Å². The second kappa shape index (κ2) is 9.28.